The van der Waals surface area contributed by atoms with Crippen molar-refractivity contribution in [2.45, 2.75) is 84.1 Å². The highest BCUT2D eigenvalue weighted by molar-refractivity contribution is 7.11. The van der Waals surface area contributed by atoms with E-state index < -0.39 is 0 Å². The van der Waals surface area contributed by atoms with Crippen molar-refractivity contribution in [1.82, 2.24) is 0 Å². The van der Waals surface area contributed by atoms with E-state index in [4.69, 9.17) is 5.73 Å². The molecule has 0 bridgehead atoms. The summed E-state index contributed by atoms with van der Waals surface area (Å²) < 4.78 is 0. The van der Waals surface area contributed by atoms with Crippen LogP contribution in [0.3, 0.4) is 0 Å². The third kappa shape index (κ3) is 7.74. The molecule has 0 aromatic carbocycles. The molecule has 0 aliphatic heterocycles. The topological polar surface area (TPSA) is 26.0 Å². The Balaban J connectivity index is 2.03. The smallest absolute Gasteiger partial charge is 0.00871 e. The van der Waals surface area contributed by atoms with Crippen LogP contribution in [0.4, 0.5) is 0 Å². The molecule has 1 heterocycles. The van der Waals surface area contributed by atoms with Gasteiger partial charge in [0.05, 0.1) is 0 Å². The zero-order valence-electron chi connectivity index (χ0n) is 12.8. The summed E-state index contributed by atoms with van der Waals surface area (Å²) in [6, 6.07) is 4.87. The van der Waals surface area contributed by atoms with Gasteiger partial charge in [-0.25, -0.2) is 0 Å². The first-order valence-corrected chi connectivity index (χ1v) is 8.91. The number of hydrogen-bond donors (Lipinski definition) is 1. The lowest BCUT2D eigenvalue weighted by molar-refractivity contribution is 0.530. The second-order valence-corrected chi connectivity index (χ2v) is 6.85. The molecule has 1 unspecified atom stereocenters. The van der Waals surface area contributed by atoms with E-state index in [-0.39, 0.29) is 0 Å². The molecule has 1 aromatic heterocycles. The van der Waals surface area contributed by atoms with E-state index in [0.29, 0.717) is 6.04 Å². The van der Waals surface area contributed by atoms with E-state index in [1.54, 1.807) is 0 Å². The van der Waals surface area contributed by atoms with Crippen molar-refractivity contribution in [3.8, 4) is 0 Å². The summed E-state index contributed by atoms with van der Waals surface area (Å²) in [7, 11) is 0. The van der Waals surface area contributed by atoms with Gasteiger partial charge in [0.1, 0.15) is 0 Å². The summed E-state index contributed by atoms with van der Waals surface area (Å²) in [6.45, 7) is 4.49. The lowest BCUT2D eigenvalue weighted by Gasteiger charge is -2.10. The van der Waals surface area contributed by atoms with Gasteiger partial charge in [-0.3, -0.25) is 0 Å². The van der Waals surface area contributed by atoms with Crippen molar-refractivity contribution in [3.63, 3.8) is 0 Å². The lowest BCUT2D eigenvalue weighted by atomic mass is 10.0. The third-order valence-electron chi connectivity index (χ3n) is 3.71. The van der Waals surface area contributed by atoms with Crippen LogP contribution in [-0.4, -0.2) is 6.04 Å². The molecule has 0 radical (unpaired) electrons. The molecule has 19 heavy (non-hydrogen) atoms. The summed E-state index contributed by atoms with van der Waals surface area (Å²) >= 11 is 1.93. The zero-order chi connectivity index (χ0) is 13.9. The number of hydrogen-bond acceptors (Lipinski definition) is 2. The molecule has 1 aromatic rings. The first-order valence-electron chi connectivity index (χ1n) is 8.09. The number of unbranched alkanes of at least 4 members (excludes halogenated alkanes) is 6. The Hall–Kier alpha value is -0.340. The molecule has 2 heteroatoms. The van der Waals surface area contributed by atoms with Gasteiger partial charge >= 0.3 is 0 Å². The Kier molecular flexibility index (Phi) is 9.19. The largest absolute Gasteiger partial charge is 0.327 e. The van der Waals surface area contributed by atoms with Gasteiger partial charge in [0.25, 0.3) is 0 Å². The number of nitrogens with two attached hydrogens (primary N) is 1. The molecule has 1 nitrogen and oxygen atoms in total. The highest BCUT2D eigenvalue weighted by atomic mass is 32.1. The number of aryl methyl sites for hydroxylation is 1. The van der Waals surface area contributed by atoms with Gasteiger partial charge in [0.15, 0.2) is 0 Å². The van der Waals surface area contributed by atoms with Crippen molar-refractivity contribution >= 4 is 11.3 Å². The van der Waals surface area contributed by atoms with Crippen LogP contribution in [0, 0.1) is 0 Å². The fourth-order valence-electron chi connectivity index (χ4n) is 2.45. The molecule has 0 aliphatic carbocycles. The molecular formula is C17H31NS. The maximum Gasteiger partial charge on any atom is 0.00871 e. The maximum atomic E-state index is 6.23. The summed E-state index contributed by atoms with van der Waals surface area (Å²) in [6.07, 6.45) is 13.0. The Morgan fingerprint density at radius 2 is 1.58 bits per heavy atom. The standard InChI is InChI=1S/C17H31NS/c1-3-5-6-7-8-9-10-11-15(18)14-17-13-12-16(4-2)19-17/h12-13,15H,3-11,14,18H2,1-2H3. The average molecular weight is 282 g/mol. The Bertz CT molecular complexity index is 319. The second-order valence-electron chi connectivity index (χ2n) is 5.60. The monoisotopic (exact) mass is 281 g/mol. The summed E-state index contributed by atoms with van der Waals surface area (Å²) in [4.78, 5) is 2.95. The van der Waals surface area contributed by atoms with Crippen molar-refractivity contribution in [2.75, 3.05) is 0 Å². The molecule has 1 rings (SSSR count). The predicted molar refractivity (Wildman–Crippen MR) is 88.0 cm³/mol. The summed E-state index contributed by atoms with van der Waals surface area (Å²) in [5.74, 6) is 0. The van der Waals surface area contributed by atoms with E-state index in [2.05, 4.69) is 26.0 Å². The quantitative estimate of drug-likeness (QED) is 0.546. The molecule has 0 saturated carbocycles. The average Bonchev–Trinajstić information content (AvgIpc) is 2.85. The van der Waals surface area contributed by atoms with Crippen LogP contribution >= 0.6 is 11.3 Å². The first-order chi connectivity index (χ1) is 9.26. The van der Waals surface area contributed by atoms with Crippen molar-refractivity contribution in [3.05, 3.63) is 21.9 Å². The van der Waals surface area contributed by atoms with Gasteiger partial charge in [0, 0.05) is 15.8 Å². The molecule has 0 aliphatic rings. The number of thiophene rings is 1. The Morgan fingerprint density at radius 3 is 2.21 bits per heavy atom. The first kappa shape index (κ1) is 16.7. The normalized spacial score (nSPS) is 12.8. The minimum atomic E-state index is 0.360. The van der Waals surface area contributed by atoms with Crippen LogP contribution in [0.5, 0.6) is 0 Å². The van der Waals surface area contributed by atoms with Crippen molar-refractivity contribution < 1.29 is 0 Å². The van der Waals surface area contributed by atoms with Crippen LogP contribution in [0.25, 0.3) is 0 Å². The Morgan fingerprint density at radius 1 is 0.947 bits per heavy atom. The van der Waals surface area contributed by atoms with Crippen LogP contribution in [0.1, 0.15) is 75.0 Å². The zero-order valence-corrected chi connectivity index (χ0v) is 13.6. The van der Waals surface area contributed by atoms with Gasteiger partial charge in [-0.1, -0.05) is 58.8 Å². The molecule has 0 spiro atoms. The molecule has 110 valence electrons. The van der Waals surface area contributed by atoms with Gasteiger partial charge < -0.3 is 5.73 Å². The van der Waals surface area contributed by atoms with Crippen molar-refractivity contribution in [2.24, 2.45) is 5.73 Å². The van der Waals surface area contributed by atoms with Gasteiger partial charge in [0.2, 0.25) is 0 Å². The van der Waals surface area contributed by atoms with E-state index in [0.717, 1.165) is 12.8 Å². The third-order valence-corrected chi connectivity index (χ3v) is 4.96. The van der Waals surface area contributed by atoms with E-state index in [9.17, 15) is 0 Å². The van der Waals surface area contributed by atoms with Gasteiger partial charge in [-0.05, 0) is 31.4 Å². The minimum absolute atomic E-state index is 0.360. The molecule has 0 amide bonds. The fourth-order valence-corrected chi connectivity index (χ4v) is 3.50. The molecule has 0 saturated heterocycles. The van der Waals surface area contributed by atoms with E-state index in [1.807, 2.05) is 11.3 Å². The van der Waals surface area contributed by atoms with Crippen LogP contribution in [0.15, 0.2) is 12.1 Å². The van der Waals surface area contributed by atoms with Crippen molar-refractivity contribution in [1.29, 1.82) is 0 Å². The maximum absolute atomic E-state index is 6.23. The van der Waals surface area contributed by atoms with E-state index >= 15 is 0 Å². The predicted octanol–water partition coefficient (Wildman–Crippen LogP) is 5.32. The van der Waals surface area contributed by atoms with E-state index in [1.165, 1.54) is 61.1 Å². The second kappa shape index (κ2) is 10.4. The summed E-state index contributed by atoms with van der Waals surface area (Å²) in [5.41, 5.74) is 6.23. The summed E-state index contributed by atoms with van der Waals surface area (Å²) in [5, 5.41) is 0. The van der Waals surface area contributed by atoms with Crippen LogP contribution in [0.2, 0.25) is 0 Å². The van der Waals surface area contributed by atoms with Crippen LogP contribution in [-0.2, 0) is 12.8 Å². The SMILES string of the molecule is CCCCCCCCCC(N)Cc1ccc(CC)s1. The molecule has 1 atom stereocenters. The molecular weight excluding hydrogens is 250 g/mol. The lowest BCUT2D eigenvalue weighted by Crippen LogP contribution is -2.22. The molecule has 0 fully saturated rings. The number of rotatable bonds is 11. The fraction of sp³-hybridized carbons (Fsp3) is 0.765. The van der Waals surface area contributed by atoms with Gasteiger partial charge in [-0.2, -0.15) is 0 Å². The highest BCUT2D eigenvalue weighted by Crippen LogP contribution is 2.19. The highest BCUT2D eigenvalue weighted by Gasteiger charge is 2.06. The Labute approximate surface area is 123 Å². The molecule has 2 N–H and O–H groups in total. The van der Waals surface area contributed by atoms with Gasteiger partial charge in [-0.15, -0.1) is 11.3 Å². The minimum Gasteiger partial charge on any atom is -0.327 e. The van der Waals surface area contributed by atoms with Crippen LogP contribution < -0.4 is 5.73 Å².